The van der Waals surface area contributed by atoms with Crippen molar-refractivity contribution in [1.29, 1.82) is 0 Å². The molecule has 20 heavy (non-hydrogen) atoms. The van der Waals surface area contributed by atoms with Gasteiger partial charge in [0.25, 0.3) is 0 Å². The number of nitrogens with zero attached hydrogens (tertiary/aromatic N) is 1. The fourth-order valence-electron chi connectivity index (χ4n) is 2.18. The lowest BCUT2D eigenvalue weighted by molar-refractivity contribution is -0.116. The molecule has 0 aromatic heterocycles. The van der Waals surface area contributed by atoms with E-state index in [1.54, 1.807) is 12.2 Å². The first-order chi connectivity index (χ1) is 9.63. The Bertz CT molecular complexity index is 452. The Labute approximate surface area is 124 Å². The molecule has 0 aromatic rings. The number of carbonyl (C=O) groups is 1. The fraction of sp³-hybridized carbons (Fsp3) is 0.467. The number of hydrogen-bond acceptors (Lipinski definition) is 4. The average molecular weight is 298 g/mol. The quantitative estimate of drug-likeness (QED) is 0.336. The summed E-state index contributed by atoms with van der Waals surface area (Å²) in [7, 11) is 0. The first kappa shape index (κ1) is 16.5. The molecule has 0 aromatic carbocycles. The second kappa shape index (κ2) is 8.59. The number of Topliss-reactive ketones (excluding diaryl/α,β-unsaturated/α-hetero) is 1. The van der Waals surface area contributed by atoms with Crippen LogP contribution >= 0.6 is 11.6 Å². The molecule has 1 atom stereocenters. The lowest BCUT2D eigenvalue weighted by Crippen LogP contribution is -2.24. The van der Waals surface area contributed by atoms with Crippen molar-refractivity contribution in [2.24, 2.45) is 11.1 Å². The lowest BCUT2D eigenvalue weighted by Gasteiger charge is -2.22. The summed E-state index contributed by atoms with van der Waals surface area (Å²) in [4.78, 5) is 17.2. The summed E-state index contributed by atoms with van der Waals surface area (Å²) in [5.41, 5.74) is 2.12. The van der Waals surface area contributed by atoms with Crippen molar-refractivity contribution in [3.63, 3.8) is 0 Å². The normalized spacial score (nSPS) is 20.6. The van der Waals surface area contributed by atoms with Crippen molar-refractivity contribution >= 4 is 23.1 Å². The minimum atomic E-state index is -0.0855. The van der Waals surface area contributed by atoms with Crippen LogP contribution < -0.4 is 0 Å². The van der Waals surface area contributed by atoms with Crippen molar-refractivity contribution < 1.29 is 14.7 Å². The van der Waals surface area contributed by atoms with Crippen molar-refractivity contribution in [1.82, 2.24) is 0 Å². The first-order valence-electron chi connectivity index (χ1n) is 6.64. The third-order valence-corrected chi connectivity index (χ3v) is 3.26. The highest BCUT2D eigenvalue weighted by Crippen LogP contribution is 2.29. The predicted octanol–water partition coefficient (Wildman–Crippen LogP) is 3.89. The summed E-state index contributed by atoms with van der Waals surface area (Å²) in [6.45, 7) is 5.76. The Hall–Kier alpha value is -1.55. The number of aliphatic hydroxyl groups excluding tert-OH is 1. The van der Waals surface area contributed by atoms with Gasteiger partial charge in [-0.05, 0) is 24.8 Å². The van der Waals surface area contributed by atoms with Gasteiger partial charge < -0.3 is 9.94 Å². The van der Waals surface area contributed by atoms with Gasteiger partial charge in [-0.1, -0.05) is 29.8 Å². The van der Waals surface area contributed by atoms with Gasteiger partial charge in [-0.15, -0.1) is 6.58 Å². The van der Waals surface area contributed by atoms with E-state index in [1.807, 2.05) is 6.92 Å². The lowest BCUT2D eigenvalue weighted by atomic mass is 9.83. The highest BCUT2D eigenvalue weighted by molar-refractivity contribution is 6.25. The molecule has 0 bridgehead atoms. The number of carbonyl (C=O) groups excluding carboxylic acids is 1. The summed E-state index contributed by atoms with van der Waals surface area (Å²) < 4.78 is 0. The van der Waals surface area contributed by atoms with E-state index >= 15 is 0 Å². The SMILES string of the molecule is C=CCC1CC(=O)C(/C(CC)=N/OC/C=C\Cl)=C(O)C1. The van der Waals surface area contributed by atoms with Crippen molar-refractivity contribution in [3.05, 3.63) is 35.6 Å². The molecule has 1 N–H and O–H groups in total. The number of ketones is 1. The van der Waals surface area contributed by atoms with Crippen LogP contribution in [0, 0.1) is 5.92 Å². The minimum absolute atomic E-state index is 0.0855. The highest BCUT2D eigenvalue weighted by Gasteiger charge is 2.29. The van der Waals surface area contributed by atoms with Gasteiger partial charge in [-0.25, -0.2) is 0 Å². The zero-order valence-electron chi connectivity index (χ0n) is 11.6. The standard InChI is InChI=1S/C15H20ClNO3/c1-3-6-11-9-13(18)15(14(19)10-11)12(4-2)17-20-8-5-7-16/h3,5,7,11,18H,1,4,6,8-10H2,2H3/b7-5-,17-12+. The van der Waals surface area contributed by atoms with Crippen LogP contribution in [0.25, 0.3) is 0 Å². The van der Waals surface area contributed by atoms with Gasteiger partial charge in [-0.3, -0.25) is 4.79 Å². The highest BCUT2D eigenvalue weighted by atomic mass is 35.5. The van der Waals surface area contributed by atoms with E-state index in [9.17, 15) is 9.90 Å². The summed E-state index contributed by atoms with van der Waals surface area (Å²) in [5.74, 6) is 0.143. The van der Waals surface area contributed by atoms with E-state index in [2.05, 4.69) is 11.7 Å². The first-order valence-corrected chi connectivity index (χ1v) is 7.08. The van der Waals surface area contributed by atoms with E-state index in [4.69, 9.17) is 16.4 Å². The van der Waals surface area contributed by atoms with Crippen LogP contribution in [-0.2, 0) is 9.63 Å². The molecule has 5 heteroatoms. The molecule has 1 aliphatic rings. The van der Waals surface area contributed by atoms with E-state index in [1.165, 1.54) is 5.54 Å². The molecule has 0 spiro atoms. The van der Waals surface area contributed by atoms with Crippen LogP contribution in [0.3, 0.4) is 0 Å². The molecule has 1 aliphatic carbocycles. The molecular formula is C15H20ClNO3. The molecule has 0 fully saturated rings. The van der Waals surface area contributed by atoms with E-state index in [0.717, 1.165) is 6.42 Å². The third-order valence-electron chi connectivity index (χ3n) is 3.08. The molecule has 0 amide bonds. The molecule has 1 rings (SSSR count). The number of halogens is 1. The van der Waals surface area contributed by atoms with Gasteiger partial charge in [0, 0.05) is 18.4 Å². The Morgan fingerprint density at radius 3 is 2.90 bits per heavy atom. The maximum atomic E-state index is 12.2. The van der Waals surface area contributed by atoms with Gasteiger partial charge in [0.1, 0.15) is 12.4 Å². The molecule has 1 unspecified atom stereocenters. The molecule has 0 heterocycles. The van der Waals surface area contributed by atoms with E-state index in [0.29, 0.717) is 30.5 Å². The van der Waals surface area contributed by atoms with Crippen molar-refractivity contribution in [3.8, 4) is 0 Å². The van der Waals surface area contributed by atoms with Gasteiger partial charge in [-0.2, -0.15) is 0 Å². The number of rotatable bonds is 7. The molecule has 4 nitrogen and oxygen atoms in total. The zero-order chi connectivity index (χ0) is 15.0. The number of oxime groups is 1. The summed E-state index contributed by atoms with van der Waals surface area (Å²) in [5, 5.41) is 14.0. The van der Waals surface area contributed by atoms with Gasteiger partial charge >= 0.3 is 0 Å². The van der Waals surface area contributed by atoms with Gasteiger partial charge in [0.2, 0.25) is 0 Å². The summed E-state index contributed by atoms with van der Waals surface area (Å²) in [6, 6.07) is 0. The molecule has 0 radical (unpaired) electrons. The van der Waals surface area contributed by atoms with Crippen LogP contribution in [0.1, 0.15) is 32.6 Å². The van der Waals surface area contributed by atoms with Gasteiger partial charge in [0.15, 0.2) is 5.78 Å². The van der Waals surface area contributed by atoms with Crippen LogP contribution in [-0.4, -0.2) is 23.2 Å². The maximum absolute atomic E-state index is 12.2. The zero-order valence-corrected chi connectivity index (χ0v) is 12.4. The smallest absolute Gasteiger partial charge is 0.168 e. The van der Waals surface area contributed by atoms with Crippen molar-refractivity contribution in [2.75, 3.05) is 6.61 Å². The average Bonchev–Trinajstić information content (AvgIpc) is 2.41. The second-order valence-corrected chi connectivity index (χ2v) is 4.84. The van der Waals surface area contributed by atoms with Crippen LogP contribution in [0.5, 0.6) is 0 Å². The van der Waals surface area contributed by atoms with Crippen LogP contribution in [0.4, 0.5) is 0 Å². The second-order valence-electron chi connectivity index (χ2n) is 4.59. The topological polar surface area (TPSA) is 58.9 Å². The molecule has 110 valence electrons. The molecular weight excluding hydrogens is 278 g/mol. The fourth-order valence-corrected chi connectivity index (χ4v) is 2.26. The van der Waals surface area contributed by atoms with Crippen LogP contribution in [0.15, 0.2) is 40.8 Å². The largest absolute Gasteiger partial charge is 0.511 e. The summed E-state index contributed by atoms with van der Waals surface area (Å²) >= 11 is 5.37. The van der Waals surface area contributed by atoms with Crippen LogP contribution in [0.2, 0.25) is 0 Å². The number of aliphatic hydroxyl groups is 1. The third kappa shape index (κ3) is 4.53. The van der Waals surface area contributed by atoms with E-state index in [-0.39, 0.29) is 24.1 Å². The van der Waals surface area contributed by atoms with Crippen molar-refractivity contribution in [2.45, 2.75) is 32.6 Å². The predicted molar refractivity (Wildman–Crippen MR) is 80.9 cm³/mol. The molecule has 0 saturated heterocycles. The van der Waals surface area contributed by atoms with Gasteiger partial charge in [0.05, 0.1) is 11.3 Å². The monoisotopic (exact) mass is 297 g/mol. The Balaban J connectivity index is 2.87. The summed E-state index contributed by atoms with van der Waals surface area (Å²) in [6.07, 6.45) is 5.49. The Morgan fingerprint density at radius 2 is 2.35 bits per heavy atom. The Kier molecular flexibility index (Phi) is 7.09. The van der Waals surface area contributed by atoms with E-state index < -0.39 is 0 Å². The Morgan fingerprint density at radius 1 is 1.60 bits per heavy atom. The molecule has 0 saturated carbocycles. The number of allylic oxidation sites excluding steroid dienone is 3. The number of hydrogen-bond donors (Lipinski definition) is 1. The minimum Gasteiger partial charge on any atom is -0.511 e. The molecule has 0 aliphatic heterocycles. The maximum Gasteiger partial charge on any atom is 0.168 e.